The Labute approximate surface area is 125 Å². The first-order valence-corrected chi connectivity index (χ1v) is 6.67. The zero-order valence-corrected chi connectivity index (χ0v) is 12.6. The summed E-state index contributed by atoms with van der Waals surface area (Å²) in [6, 6.07) is 4.39. The fourth-order valence-corrected chi connectivity index (χ4v) is 2.54. The minimum Gasteiger partial charge on any atom is -0.383 e. The molecule has 1 aliphatic heterocycles. The van der Waals surface area contributed by atoms with E-state index in [1.807, 2.05) is 16.8 Å². The molecule has 5 nitrogen and oxygen atoms in total. The van der Waals surface area contributed by atoms with E-state index in [9.17, 15) is 0 Å². The number of anilines is 1. The third-order valence-corrected chi connectivity index (χ3v) is 3.74. The molecule has 2 aromatic heterocycles. The number of hydrogen-bond acceptors (Lipinski definition) is 4. The van der Waals surface area contributed by atoms with Crippen LogP contribution in [0.2, 0.25) is 0 Å². The van der Waals surface area contributed by atoms with Gasteiger partial charge in [-0.1, -0.05) is 0 Å². The summed E-state index contributed by atoms with van der Waals surface area (Å²) in [5, 5.41) is 4.65. The van der Waals surface area contributed by atoms with E-state index in [1.54, 1.807) is 12.4 Å². The highest BCUT2D eigenvalue weighted by molar-refractivity contribution is 5.85. The van der Waals surface area contributed by atoms with Crippen LogP contribution in [0.5, 0.6) is 0 Å². The Bertz CT molecular complexity index is 579. The average molecular weight is 294 g/mol. The summed E-state index contributed by atoms with van der Waals surface area (Å²) < 4.78 is 1.83. The lowest BCUT2D eigenvalue weighted by atomic mass is 10.1. The van der Waals surface area contributed by atoms with Gasteiger partial charge in [-0.05, 0) is 26.0 Å². The van der Waals surface area contributed by atoms with Crippen molar-refractivity contribution < 1.29 is 0 Å². The van der Waals surface area contributed by atoms with Gasteiger partial charge in [0.15, 0.2) is 0 Å². The molecular formula is C14H20ClN5. The normalized spacial score (nSPS) is 14.9. The van der Waals surface area contributed by atoms with E-state index in [2.05, 4.69) is 28.8 Å². The molecule has 0 saturated heterocycles. The van der Waals surface area contributed by atoms with Gasteiger partial charge in [0.05, 0.1) is 11.4 Å². The highest BCUT2D eigenvalue weighted by atomic mass is 35.5. The third kappa shape index (κ3) is 2.51. The standard InChI is InChI=1S/C14H19N5.ClH/c1-10(2)18-8-5-13-12(9-18)14(15)19(17-13)11-3-6-16-7-4-11;/h3-4,6-7,10H,5,8-9,15H2,1-2H3;1H. The Morgan fingerprint density at radius 2 is 1.95 bits per heavy atom. The lowest BCUT2D eigenvalue weighted by Crippen LogP contribution is -2.35. The molecular weight excluding hydrogens is 274 g/mol. The lowest BCUT2D eigenvalue weighted by molar-refractivity contribution is 0.203. The largest absolute Gasteiger partial charge is 0.383 e. The van der Waals surface area contributed by atoms with E-state index in [0.29, 0.717) is 6.04 Å². The summed E-state index contributed by atoms with van der Waals surface area (Å²) in [6.45, 7) is 6.38. The number of nitrogens with two attached hydrogens (primary N) is 1. The molecule has 0 aromatic carbocycles. The van der Waals surface area contributed by atoms with Gasteiger partial charge in [-0.3, -0.25) is 9.88 Å². The van der Waals surface area contributed by atoms with E-state index < -0.39 is 0 Å². The first-order valence-electron chi connectivity index (χ1n) is 6.67. The summed E-state index contributed by atoms with van der Waals surface area (Å²) >= 11 is 0. The molecule has 0 radical (unpaired) electrons. The van der Waals surface area contributed by atoms with Crippen LogP contribution in [0.25, 0.3) is 5.69 Å². The zero-order valence-electron chi connectivity index (χ0n) is 11.8. The molecule has 6 heteroatoms. The molecule has 0 bridgehead atoms. The van der Waals surface area contributed by atoms with Crippen molar-refractivity contribution >= 4 is 18.2 Å². The number of halogens is 1. The quantitative estimate of drug-likeness (QED) is 0.920. The van der Waals surface area contributed by atoms with Crippen molar-refractivity contribution in [1.29, 1.82) is 0 Å². The number of fused-ring (bicyclic) bond motifs is 1. The van der Waals surface area contributed by atoms with Gasteiger partial charge >= 0.3 is 0 Å². The predicted octanol–water partition coefficient (Wildman–Crippen LogP) is 2.04. The van der Waals surface area contributed by atoms with Crippen molar-refractivity contribution in [2.24, 2.45) is 0 Å². The topological polar surface area (TPSA) is 60.0 Å². The summed E-state index contributed by atoms with van der Waals surface area (Å²) in [6.07, 6.45) is 4.49. The Kier molecular flexibility index (Phi) is 4.30. The minimum atomic E-state index is 0. The molecule has 3 rings (SSSR count). The van der Waals surface area contributed by atoms with E-state index in [1.165, 1.54) is 5.56 Å². The maximum atomic E-state index is 6.27. The van der Waals surface area contributed by atoms with E-state index >= 15 is 0 Å². The third-order valence-electron chi connectivity index (χ3n) is 3.74. The second kappa shape index (κ2) is 5.81. The van der Waals surface area contributed by atoms with Gasteiger partial charge in [-0.2, -0.15) is 5.10 Å². The van der Waals surface area contributed by atoms with Crippen LogP contribution in [0.4, 0.5) is 5.82 Å². The highest BCUT2D eigenvalue weighted by Crippen LogP contribution is 2.27. The monoisotopic (exact) mass is 293 g/mol. The summed E-state index contributed by atoms with van der Waals surface area (Å²) in [5.74, 6) is 0.756. The lowest BCUT2D eigenvalue weighted by Gasteiger charge is -2.29. The number of rotatable bonds is 2. The summed E-state index contributed by atoms with van der Waals surface area (Å²) in [4.78, 5) is 6.46. The van der Waals surface area contributed by atoms with Crippen molar-refractivity contribution in [2.45, 2.75) is 32.9 Å². The Hall–Kier alpha value is -1.59. The van der Waals surface area contributed by atoms with E-state index in [4.69, 9.17) is 5.73 Å². The number of nitrogens with zero attached hydrogens (tertiary/aromatic N) is 4. The maximum Gasteiger partial charge on any atom is 0.132 e. The van der Waals surface area contributed by atoms with Gasteiger partial charge in [0, 0.05) is 43.5 Å². The Balaban J connectivity index is 0.00000147. The molecule has 0 fully saturated rings. The summed E-state index contributed by atoms with van der Waals surface area (Å²) in [7, 11) is 0. The van der Waals surface area contributed by atoms with Crippen LogP contribution < -0.4 is 5.73 Å². The van der Waals surface area contributed by atoms with E-state index in [-0.39, 0.29) is 12.4 Å². The summed E-state index contributed by atoms with van der Waals surface area (Å²) in [5.41, 5.74) is 9.55. The fourth-order valence-electron chi connectivity index (χ4n) is 2.54. The van der Waals surface area contributed by atoms with Gasteiger partial charge in [0.2, 0.25) is 0 Å². The zero-order chi connectivity index (χ0) is 13.4. The van der Waals surface area contributed by atoms with Crippen molar-refractivity contribution in [3.8, 4) is 5.69 Å². The SMILES string of the molecule is CC(C)N1CCc2nn(-c3ccncc3)c(N)c2C1.Cl. The van der Waals surface area contributed by atoms with Crippen LogP contribution in [0.1, 0.15) is 25.1 Å². The highest BCUT2D eigenvalue weighted by Gasteiger charge is 2.24. The smallest absolute Gasteiger partial charge is 0.132 e. The second-order valence-corrected chi connectivity index (χ2v) is 5.24. The first kappa shape index (κ1) is 14.8. The van der Waals surface area contributed by atoms with Crippen LogP contribution in [0.15, 0.2) is 24.5 Å². The average Bonchev–Trinajstić information content (AvgIpc) is 2.77. The van der Waals surface area contributed by atoms with Gasteiger partial charge in [-0.25, -0.2) is 4.68 Å². The molecule has 0 amide bonds. The maximum absolute atomic E-state index is 6.27. The molecule has 108 valence electrons. The van der Waals surface area contributed by atoms with Crippen LogP contribution in [-0.4, -0.2) is 32.3 Å². The van der Waals surface area contributed by atoms with Gasteiger partial charge in [-0.15, -0.1) is 12.4 Å². The Morgan fingerprint density at radius 1 is 1.25 bits per heavy atom. The van der Waals surface area contributed by atoms with Crippen LogP contribution in [0, 0.1) is 0 Å². The number of nitrogen functional groups attached to an aromatic ring is 1. The predicted molar refractivity (Wildman–Crippen MR) is 82.3 cm³/mol. The van der Waals surface area contributed by atoms with Crippen LogP contribution in [-0.2, 0) is 13.0 Å². The van der Waals surface area contributed by atoms with Gasteiger partial charge < -0.3 is 5.73 Å². The molecule has 3 heterocycles. The first-order chi connectivity index (χ1) is 9.16. The second-order valence-electron chi connectivity index (χ2n) is 5.24. The molecule has 2 aromatic rings. The number of pyridine rings is 1. The number of hydrogen-bond donors (Lipinski definition) is 1. The Morgan fingerprint density at radius 3 is 2.60 bits per heavy atom. The molecule has 0 saturated carbocycles. The van der Waals surface area contributed by atoms with E-state index in [0.717, 1.165) is 36.7 Å². The van der Waals surface area contributed by atoms with Crippen molar-refractivity contribution in [2.75, 3.05) is 12.3 Å². The molecule has 20 heavy (non-hydrogen) atoms. The molecule has 0 spiro atoms. The van der Waals surface area contributed by atoms with Crippen LogP contribution >= 0.6 is 12.4 Å². The minimum absolute atomic E-state index is 0. The molecule has 1 aliphatic rings. The molecule has 0 aliphatic carbocycles. The number of aromatic nitrogens is 3. The van der Waals surface area contributed by atoms with Crippen molar-refractivity contribution in [3.63, 3.8) is 0 Å². The van der Waals surface area contributed by atoms with Gasteiger partial charge in [0.1, 0.15) is 5.82 Å². The molecule has 0 atom stereocenters. The van der Waals surface area contributed by atoms with Crippen molar-refractivity contribution in [1.82, 2.24) is 19.7 Å². The van der Waals surface area contributed by atoms with Crippen LogP contribution in [0.3, 0.4) is 0 Å². The molecule has 2 N–H and O–H groups in total. The molecule has 0 unspecified atom stereocenters. The fraction of sp³-hybridized carbons (Fsp3) is 0.429. The van der Waals surface area contributed by atoms with Gasteiger partial charge in [0.25, 0.3) is 0 Å². The van der Waals surface area contributed by atoms with Crippen molar-refractivity contribution in [3.05, 3.63) is 35.8 Å².